The van der Waals surface area contributed by atoms with Crippen LogP contribution in [0.15, 0.2) is 29.4 Å². The fourth-order valence-corrected chi connectivity index (χ4v) is 1.44. The molecule has 0 fully saturated rings. The predicted octanol–water partition coefficient (Wildman–Crippen LogP) is 2.09. The summed E-state index contributed by atoms with van der Waals surface area (Å²) in [6.07, 6.45) is 0. The van der Waals surface area contributed by atoms with E-state index < -0.39 is 4.92 Å². The number of nitrogens with zero attached hydrogens (tertiary/aromatic N) is 2. The molecule has 1 rings (SSSR count). The number of non-ortho nitro benzene ring substituents is 1. The van der Waals surface area contributed by atoms with Gasteiger partial charge in [0.2, 0.25) is 5.91 Å². The number of benzene rings is 1. The average molecular weight is 249 g/mol. The van der Waals surface area contributed by atoms with Crippen LogP contribution in [-0.2, 0) is 4.79 Å². The minimum absolute atomic E-state index is 0.00340. The molecule has 0 aromatic heterocycles. The lowest BCUT2D eigenvalue weighted by Crippen LogP contribution is -2.19. The van der Waals surface area contributed by atoms with E-state index in [2.05, 4.69) is 10.5 Å². The standard InChI is InChI=1S/C12H15N3O3/c1-8(2)12(14-13-9(3)16)10-5-4-6-11(7-10)15(17)18/h4-8H,1-3H3,(H,13,16)/b14-12+. The molecule has 0 unspecified atom stereocenters. The SMILES string of the molecule is CC(=O)N/N=C(/c1cccc([N+](=O)[O-])c1)C(C)C. The zero-order valence-corrected chi connectivity index (χ0v) is 10.5. The van der Waals surface area contributed by atoms with Gasteiger partial charge in [0.05, 0.1) is 10.6 Å². The molecule has 0 bridgehead atoms. The van der Waals surface area contributed by atoms with E-state index in [1.54, 1.807) is 12.1 Å². The lowest BCUT2D eigenvalue weighted by Gasteiger charge is -2.10. The van der Waals surface area contributed by atoms with Gasteiger partial charge in [0.15, 0.2) is 0 Å². The number of hydrogen-bond donors (Lipinski definition) is 1. The summed E-state index contributed by atoms with van der Waals surface area (Å²) in [5, 5.41) is 14.7. The van der Waals surface area contributed by atoms with Crippen molar-refractivity contribution >= 4 is 17.3 Å². The van der Waals surface area contributed by atoms with Crippen molar-refractivity contribution < 1.29 is 9.72 Å². The van der Waals surface area contributed by atoms with Crippen molar-refractivity contribution in [3.05, 3.63) is 39.9 Å². The van der Waals surface area contributed by atoms with Gasteiger partial charge >= 0.3 is 0 Å². The van der Waals surface area contributed by atoms with Crippen LogP contribution in [0.25, 0.3) is 0 Å². The van der Waals surface area contributed by atoms with E-state index in [4.69, 9.17) is 0 Å². The van der Waals surface area contributed by atoms with Crippen molar-refractivity contribution in [3.8, 4) is 0 Å². The van der Waals surface area contributed by atoms with Gasteiger partial charge in [-0.2, -0.15) is 5.10 Å². The largest absolute Gasteiger partial charge is 0.274 e. The molecule has 0 aliphatic rings. The molecule has 18 heavy (non-hydrogen) atoms. The molecule has 1 aromatic rings. The Labute approximate surface area is 105 Å². The molecule has 6 nitrogen and oxygen atoms in total. The second-order valence-electron chi connectivity index (χ2n) is 4.13. The van der Waals surface area contributed by atoms with Crippen molar-refractivity contribution in [2.24, 2.45) is 11.0 Å². The van der Waals surface area contributed by atoms with E-state index in [0.717, 1.165) is 0 Å². The Hall–Kier alpha value is -2.24. The second-order valence-corrected chi connectivity index (χ2v) is 4.13. The number of carbonyl (C=O) groups is 1. The lowest BCUT2D eigenvalue weighted by atomic mass is 10.00. The zero-order chi connectivity index (χ0) is 13.7. The van der Waals surface area contributed by atoms with E-state index in [0.29, 0.717) is 11.3 Å². The number of carbonyl (C=O) groups excluding carboxylic acids is 1. The Kier molecular flexibility index (Phi) is 4.53. The van der Waals surface area contributed by atoms with Crippen LogP contribution >= 0.6 is 0 Å². The number of rotatable bonds is 4. The first-order valence-electron chi connectivity index (χ1n) is 5.50. The Morgan fingerprint density at radius 3 is 2.61 bits per heavy atom. The monoisotopic (exact) mass is 249 g/mol. The number of nitro benzene ring substituents is 1. The predicted molar refractivity (Wildman–Crippen MR) is 68.3 cm³/mol. The van der Waals surface area contributed by atoms with Crippen molar-refractivity contribution in [1.29, 1.82) is 0 Å². The van der Waals surface area contributed by atoms with Crippen LogP contribution in [0.4, 0.5) is 5.69 Å². The normalized spacial score (nSPS) is 11.4. The summed E-state index contributed by atoms with van der Waals surface area (Å²) in [4.78, 5) is 21.1. The van der Waals surface area contributed by atoms with Gasteiger partial charge < -0.3 is 0 Å². The maximum absolute atomic E-state index is 10.9. The van der Waals surface area contributed by atoms with Gasteiger partial charge in [-0.05, 0) is 5.92 Å². The molecule has 0 atom stereocenters. The first kappa shape index (κ1) is 13.8. The average Bonchev–Trinajstić information content (AvgIpc) is 2.28. The van der Waals surface area contributed by atoms with Crippen LogP contribution in [-0.4, -0.2) is 16.5 Å². The topological polar surface area (TPSA) is 84.6 Å². The molecule has 96 valence electrons. The number of amides is 1. The van der Waals surface area contributed by atoms with E-state index in [1.165, 1.54) is 19.1 Å². The Morgan fingerprint density at radius 1 is 1.44 bits per heavy atom. The van der Waals surface area contributed by atoms with Gasteiger partial charge in [-0.25, -0.2) is 5.43 Å². The third-order valence-corrected chi connectivity index (χ3v) is 2.23. The minimum atomic E-state index is -0.458. The van der Waals surface area contributed by atoms with Crippen molar-refractivity contribution in [2.75, 3.05) is 0 Å². The molecule has 1 amide bonds. The first-order chi connectivity index (χ1) is 8.41. The van der Waals surface area contributed by atoms with Gasteiger partial charge in [-0.15, -0.1) is 0 Å². The van der Waals surface area contributed by atoms with Gasteiger partial charge in [-0.3, -0.25) is 14.9 Å². The second kappa shape index (κ2) is 5.90. The van der Waals surface area contributed by atoms with Gasteiger partial charge in [0, 0.05) is 24.6 Å². The van der Waals surface area contributed by atoms with Gasteiger partial charge in [0.25, 0.3) is 5.69 Å². The molecule has 1 N–H and O–H groups in total. The van der Waals surface area contributed by atoms with E-state index >= 15 is 0 Å². The highest BCUT2D eigenvalue weighted by molar-refractivity contribution is 6.02. The van der Waals surface area contributed by atoms with Crippen LogP contribution in [0.3, 0.4) is 0 Å². The molecule has 0 radical (unpaired) electrons. The molecule has 0 spiro atoms. The Bertz CT molecular complexity index is 495. The van der Waals surface area contributed by atoms with Crippen LogP contribution in [0.2, 0.25) is 0 Å². The maximum Gasteiger partial charge on any atom is 0.270 e. The number of nitro groups is 1. The Balaban J connectivity index is 3.14. The van der Waals surface area contributed by atoms with Crippen molar-refractivity contribution in [3.63, 3.8) is 0 Å². The van der Waals surface area contributed by atoms with E-state index in [-0.39, 0.29) is 17.5 Å². The Morgan fingerprint density at radius 2 is 2.11 bits per heavy atom. The number of hydrazone groups is 1. The summed E-state index contributed by atoms with van der Waals surface area (Å²) in [5.41, 5.74) is 3.59. The van der Waals surface area contributed by atoms with E-state index in [9.17, 15) is 14.9 Å². The molecule has 0 aliphatic carbocycles. The maximum atomic E-state index is 10.9. The number of hydrogen-bond acceptors (Lipinski definition) is 4. The van der Waals surface area contributed by atoms with Crippen LogP contribution in [0, 0.1) is 16.0 Å². The van der Waals surface area contributed by atoms with Gasteiger partial charge in [0.1, 0.15) is 0 Å². The van der Waals surface area contributed by atoms with Crippen molar-refractivity contribution in [2.45, 2.75) is 20.8 Å². The molecule has 0 aliphatic heterocycles. The summed E-state index contributed by atoms with van der Waals surface area (Å²) >= 11 is 0. The third-order valence-electron chi connectivity index (χ3n) is 2.23. The highest BCUT2D eigenvalue weighted by Gasteiger charge is 2.13. The third kappa shape index (κ3) is 3.65. The number of nitrogens with one attached hydrogen (secondary N) is 1. The van der Waals surface area contributed by atoms with E-state index in [1.807, 2.05) is 13.8 Å². The molecule has 0 saturated heterocycles. The van der Waals surface area contributed by atoms with Crippen LogP contribution < -0.4 is 5.43 Å². The summed E-state index contributed by atoms with van der Waals surface area (Å²) < 4.78 is 0. The summed E-state index contributed by atoms with van der Waals surface area (Å²) in [6, 6.07) is 6.19. The quantitative estimate of drug-likeness (QED) is 0.503. The molecule has 6 heteroatoms. The molecular weight excluding hydrogens is 234 g/mol. The zero-order valence-electron chi connectivity index (χ0n) is 10.5. The molecule has 0 saturated carbocycles. The van der Waals surface area contributed by atoms with Crippen LogP contribution in [0.1, 0.15) is 26.3 Å². The van der Waals surface area contributed by atoms with Crippen molar-refractivity contribution in [1.82, 2.24) is 5.43 Å². The summed E-state index contributed by atoms with van der Waals surface area (Å²) in [7, 11) is 0. The fourth-order valence-electron chi connectivity index (χ4n) is 1.44. The smallest absolute Gasteiger partial charge is 0.270 e. The summed E-state index contributed by atoms with van der Waals surface area (Å²) in [6.45, 7) is 5.16. The van der Waals surface area contributed by atoms with Crippen LogP contribution in [0.5, 0.6) is 0 Å². The lowest BCUT2D eigenvalue weighted by molar-refractivity contribution is -0.384. The molecule has 1 aromatic carbocycles. The first-order valence-corrected chi connectivity index (χ1v) is 5.50. The molecule has 0 heterocycles. The molecular formula is C12H15N3O3. The minimum Gasteiger partial charge on any atom is -0.274 e. The summed E-state index contributed by atoms with van der Waals surface area (Å²) in [5.74, 6) is -0.238. The highest BCUT2D eigenvalue weighted by atomic mass is 16.6. The highest BCUT2D eigenvalue weighted by Crippen LogP contribution is 2.16. The fraction of sp³-hybridized carbons (Fsp3) is 0.333. The van der Waals surface area contributed by atoms with Gasteiger partial charge in [-0.1, -0.05) is 26.0 Å².